The first-order valence-electron chi connectivity index (χ1n) is 6.10. The molecule has 0 saturated carbocycles. The van der Waals surface area contributed by atoms with E-state index in [0.29, 0.717) is 26.2 Å². The Labute approximate surface area is 100 Å². The van der Waals surface area contributed by atoms with E-state index >= 15 is 0 Å². The summed E-state index contributed by atoms with van der Waals surface area (Å²) < 4.78 is 5.14. The van der Waals surface area contributed by atoms with Crippen LogP contribution in [0.4, 0.5) is 0 Å². The van der Waals surface area contributed by atoms with Crippen LogP contribution in [0.5, 0.6) is 0 Å². The molecular weight excluding hydrogens is 222 g/mol. The minimum atomic E-state index is -0.419. The van der Waals surface area contributed by atoms with Gasteiger partial charge in [-0.15, -0.1) is 0 Å². The number of rotatable bonds is 2. The van der Waals surface area contributed by atoms with Gasteiger partial charge in [-0.05, 0) is 19.3 Å². The van der Waals surface area contributed by atoms with Crippen molar-refractivity contribution in [2.45, 2.75) is 31.3 Å². The molecule has 2 heterocycles. The van der Waals surface area contributed by atoms with Crippen molar-refractivity contribution in [2.75, 3.05) is 19.8 Å². The molecule has 0 aromatic heterocycles. The Morgan fingerprint density at radius 2 is 2.24 bits per heavy atom. The average Bonchev–Trinajstić information content (AvgIpc) is 2.63. The van der Waals surface area contributed by atoms with E-state index < -0.39 is 6.04 Å². The molecule has 2 rings (SSSR count). The van der Waals surface area contributed by atoms with Crippen molar-refractivity contribution in [1.29, 1.82) is 0 Å². The van der Waals surface area contributed by atoms with E-state index in [0.717, 1.165) is 12.8 Å². The van der Waals surface area contributed by atoms with Crippen molar-refractivity contribution < 1.29 is 14.3 Å². The normalized spacial score (nSPS) is 33.9. The summed E-state index contributed by atoms with van der Waals surface area (Å²) in [6, 6.07) is -0.679. The third-order valence-corrected chi connectivity index (χ3v) is 3.31. The van der Waals surface area contributed by atoms with Crippen LogP contribution in [0.1, 0.15) is 19.3 Å². The third kappa shape index (κ3) is 2.95. The summed E-state index contributed by atoms with van der Waals surface area (Å²) in [5.41, 5.74) is 5.76. The Bertz CT molecular complexity index is 308. The standard InChI is InChI=1S/C11H19N3O3/c12-8-6-17-5-7(8)10(15)14-9-3-1-2-4-13-11(9)16/h7-9H,1-6,12H2,(H,13,16)(H,14,15). The van der Waals surface area contributed by atoms with E-state index in [-0.39, 0.29) is 23.8 Å². The number of nitrogens with one attached hydrogen (secondary N) is 2. The van der Waals surface area contributed by atoms with Gasteiger partial charge in [0, 0.05) is 12.6 Å². The van der Waals surface area contributed by atoms with E-state index in [1.54, 1.807) is 0 Å². The van der Waals surface area contributed by atoms with Crippen molar-refractivity contribution in [3.63, 3.8) is 0 Å². The predicted molar refractivity (Wildman–Crippen MR) is 61.1 cm³/mol. The summed E-state index contributed by atoms with van der Waals surface area (Å²) >= 11 is 0. The van der Waals surface area contributed by atoms with Gasteiger partial charge in [-0.3, -0.25) is 9.59 Å². The molecule has 6 nitrogen and oxygen atoms in total. The zero-order valence-electron chi connectivity index (χ0n) is 9.78. The molecule has 0 spiro atoms. The van der Waals surface area contributed by atoms with Crippen LogP contribution < -0.4 is 16.4 Å². The molecule has 3 atom stereocenters. The van der Waals surface area contributed by atoms with Crippen LogP contribution in [0.15, 0.2) is 0 Å². The minimum absolute atomic E-state index is 0.0941. The lowest BCUT2D eigenvalue weighted by molar-refractivity contribution is -0.131. The van der Waals surface area contributed by atoms with Gasteiger partial charge in [0.15, 0.2) is 0 Å². The molecule has 0 aromatic rings. The summed E-state index contributed by atoms with van der Waals surface area (Å²) in [5.74, 6) is -0.591. The van der Waals surface area contributed by atoms with Gasteiger partial charge >= 0.3 is 0 Å². The quantitative estimate of drug-likeness (QED) is 0.563. The van der Waals surface area contributed by atoms with Crippen molar-refractivity contribution >= 4 is 11.8 Å². The molecule has 2 aliphatic rings. The van der Waals surface area contributed by atoms with Gasteiger partial charge in [0.1, 0.15) is 6.04 Å². The number of hydrogen-bond donors (Lipinski definition) is 3. The average molecular weight is 241 g/mol. The SMILES string of the molecule is NC1COCC1C(=O)NC1CCCCNC1=O. The molecule has 2 aliphatic heterocycles. The van der Waals surface area contributed by atoms with Crippen LogP contribution in [0.3, 0.4) is 0 Å². The lowest BCUT2D eigenvalue weighted by Crippen LogP contribution is -2.50. The van der Waals surface area contributed by atoms with Crippen molar-refractivity contribution in [3.8, 4) is 0 Å². The molecule has 17 heavy (non-hydrogen) atoms. The fourth-order valence-corrected chi connectivity index (χ4v) is 2.20. The maximum atomic E-state index is 11.9. The first-order valence-corrected chi connectivity index (χ1v) is 6.10. The number of amides is 2. The molecule has 96 valence electrons. The summed E-state index contributed by atoms with van der Waals surface area (Å²) in [4.78, 5) is 23.6. The van der Waals surface area contributed by atoms with E-state index in [4.69, 9.17) is 10.5 Å². The smallest absolute Gasteiger partial charge is 0.242 e. The van der Waals surface area contributed by atoms with Gasteiger partial charge in [0.2, 0.25) is 11.8 Å². The van der Waals surface area contributed by atoms with Crippen molar-refractivity contribution in [1.82, 2.24) is 10.6 Å². The molecule has 0 aliphatic carbocycles. The van der Waals surface area contributed by atoms with Crippen LogP contribution in [-0.4, -0.2) is 43.7 Å². The summed E-state index contributed by atoms with van der Waals surface area (Å²) in [5, 5.41) is 5.56. The van der Waals surface area contributed by atoms with E-state index in [9.17, 15) is 9.59 Å². The zero-order chi connectivity index (χ0) is 12.3. The first kappa shape index (κ1) is 12.3. The Morgan fingerprint density at radius 1 is 1.41 bits per heavy atom. The third-order valence-electron chi connectivity index (χ3n) is 3.31. The van der Waals surface area contributed by atoms with Gasteiger partial charge in [-0.25, -0.2) is 0 Å². The predicted octanol–water partition coefficient (Wildman–Crippen LogP) is -1.25. The molecule has 0 aromatic carbocycles. The maximum Gasteiger partial charge on any atom is 0.242 e. The summed E-state index contributed by atoms with van der Waals surface area (Å²) in [6.45, 7) is 1.45. The zero-order valence-corrected chi connectivity index (χ0v) is 9.78. The minimum Gasteiger partial charge on any atom is -0.379 e. The van der Waals surface area contributed by atoms with Gasteiger partial charge in [0.25, 0.3) is 0 Å². The second kappa shape index (κ2) is 5.46. The first-order chi connectivity index (χ1) is 8.18. The van der Waals surface area contributed by atoms with Crippen LogP contribution in [0.25, 0.3) is 0 Å². The maximum absolute atomic E-state index is 11.9. The highest BCUT2D eigenvalue weighted by Gasteiger charge is 2.33. The highest BCUT2D eigenvalue weighted by atomic mass is 16.5. The number of carbonyl (C=O) groups excluding carboxylic acids is 2. The molecule has 2 saturated heterocycles. The van der Waals surface area contributed by atoms with Crippen molar-refractivity contribution in [3.05, 3.63) is 0 Å². The number of nitrogens with two attached hydrogens (primary N) is 1. The number of hydrogen-bond acceptors (Lipinski definition) is 4. The Kier molecular flexibility index (Phi) is 3.96. The lowest BCUT2D eigenvalue weighted by atomic mass is 10.0. The van der Waals surface area contributed by atoms with Gasteiger partial charge in [0.05, 0.1) is 19.1 Å². The van der Waals surface area contributed by atoms with E-state index in [1.807, 2.05) is 0 Å². The van der Waals surface area contributed by atoms with Crippen LogP contribution in [-0.2, 0) is 14.3 Å². The van der Waals surface area contributed by atoms with Crippen LogP contribution in [0.2, 0.25) is 0 Å². The Balaban J connectivity index is 1.90. The van der Waals surface area contributed by atoms with Crippen LogP contribution >= 0.6 is 0 Å². The van der Waals surface area contributed by atoms with Crippen molar-refractivity contribution in [2.24, 2.45) is 11.7 Å². The highest BCUT2D eigenvalue weighted by Crippen LogP contribution is 2.13. The van der Waals surface area contributed by atoms with Gasteiger partial charge in [-0.2, -0.15) is 0 Å². The Morgan fingerprint density at radius 3 is 2.94 bits per heavy atom. The largest absolute Gasteiger partial charge is 0.379 e. The summed E-state index contributed by atoms with van der Waals surface area (Å²) in [6.07, 6.45) is 2.60. The fourth-order valence-electron chi connectivity index (χ4n) is 2.20. The molecular formula is C11H19N3O3. The molecule has 4 N–H and O–H groups in total. The molecule has 6 heteroatoms. The molecule has 2 amide bonds. The molecule has 0 radical (unpaired) electrons. The van der Waals surface area contributed by atoms with Crippen LogP contribution in [0, 0.1) is 5.92 Å². The second-order valence-electron chi connectivity index (χ2n) is 4.66. The number of ether oxygens (including phenoxy) is 1. The number of carbonyl (C=O) groups is 2. The summed E-state index contributed by atoms with van der Waals surface area (Å²) in [7, 11) is 0. The van der Waals surface area contributed by atoms with E-state index in [2.05, 4.69) is 10.6 Å². The van der Waals surface area contributed by atoms with Gasteiger partial charge in [-0.1, -0.05) is 0 Å². The second-order valence-corrected chi connectivity index (χ2v) is 4.66. The van der Waals surface area contributed by atoms with E-state index in [1.165, 1.54) is 0 Å². The molecule has 0 bridgehead atoms. The topological polar surface area (TPSA) is 93.4 Å². The lowest BCUT2D eigenvalue weighted by Gasteiger charge is -2.19. The monoisotopic (exact) mass is 241 g/mol. The van der Waals surface area contributed by atoms with Gasteiger partial charge < -0.3 is 21.1 Å². The Hall–Kier alpha value is -1.14. The molecule has 3 unspecified atom stereocenters. The fraction of sp³-hybridized carbons (Fsp3) is 0.818. The highest BCUT2D eigenvalue weighted by molar-refractivity contribution is 5.89. The molecule has 2 fully saturated rings.